The molecule has 0 aromatic carbocycles. The summed E-state index contributed by atoms with van der Waals surface area (Å²) in [7, 11) is 1.77. The van der Waals surface area contributed by atoms with Gasteiger partial charge in [-0.3, -0.25) is 4.90 Å². The highest BCUT2D eigenvalue weighted by molar-refractivity contribution is 9.11. The van der Waals surface area contributed by atoms with Crippen LogP contribution in [0, 0.1) is 0 Å². The SMILES string of the molecule is C=C(Br)CN1CC[C@@H](OC)C1.Cl. The van der Waals surface area contributed by atoms with Crippen LogP contribution in [0.1, 0.15) is 6.42 Å². The predicted octanol–water partition coefficient (Wildman–Crippen LogP) is 2.04. The standard InChI is InChI=1S/C8H14BrNO.ClH/c1-7(9)5-10-4-3-8(6-10)11-2;/h8H,1,3-6H2,2H3;1H/t8-;/m1./s1. The van der Waals surface area contributed by atoms with E-state index < -0.39 is 0 Å². The van der Waals surface area contributed by atoms with E-state index in [4.69, 9.17) is 4.74 Å². The minimum Gasteiger partial charge on any atom is -0.380 e. The molecule has 72 valence electrons. The van der Waals surface area contributed by atoms with E-state index in [0.717, 1.165) is 30.5 Å². The van der Waals surface area contributed by atoms with E-state index in [0.29, 0.717) is 6.10 Å². The van der Waals surface area contributed by atoms with Crippen molar-refractivity contribution in [1.29, 1.82) is 0 Å². The molecule has 0 saturated carbocycles. The lowest BCUT2D eigenvalue weighted by Crippen LogP contribution is -2.23. The molecule has 0 aromatic heterocycles. The molecule has 1 fully saturated rings. The summed E-state index contributed by atoms with van der Waals surface area (Å²) < 4.78 is 6.29. The van der Waals surface area contributed by atoms with Gasteiger partial charge in [0, 0.05) is 31.2 Å². The van der Waals surface area contributed by atoms with Crippen LogP contribution in [0.15, 0.2) is 11.1 Å². The Kier molecular flexibility index (Phi) is 6.19. The van der Waals surface area contributed by atoms with Gasteiger partial charge in [0.25, 0.3) is 0 Å². The van der Waals surface area contributed by atoms with Gasteiger partial charge >= 0.3 is 0 Å². The van der Waals surface area contributed by atoms with Gasteiger partial charge in [-0.15, -0.1) is 12.4 Å². The average Bonchev–Trinajstić information content (AvgIpc) is 2.34. The summed E-state index contributed by atoms with van der Waals surface area (Å²) in [5.74, 6) is 0. The predicted molar refractivity (Wildman–Crippen MR) is 57.2 cm³/mol. The maximum absolute atomic E-state index is 5.24. The second-order valence-electron chi connectivity index (χ2n) is 2.90. The number of methoxy groups -OCH3 is 1. The first-order valence-corrected chi connectivity index (χ1v) is 4.60. The molecule has 0 aromatic rings. The number of nitrogens with zero attached hydrogens (tertiary/aromatic N) is 1. The molecule has 1 atom stereocenters. The molecule has 1 aliphatic heterocycles. The van der Waals surface area contributed by atoms with Crippen molar-refractivity contribution in [3.63, 3.8) is 0 Å². The zero-order valence-electron chi connectivity index (χ0n) is 7.25. The van der Waals surface area contributed by atoms with Crippen LogP contribution in [0.25, 0.3) is 0 Å². The second kappa shape index (κ2) is 5.97. The van der Waals surface area contributed by atoms with Gasteiger partial charge in [0.05, 0.1) is 6.10 Å². The van der Waals surface area contributed by atoms with Gasteiger partial charge in [-0.25, -0.2) is 0 Å². The fourth-order valence-electron chi connectivity index (χ4n) is 1.38. The number of halogens is 2. The molecule has 4 heteroatoms. The van der Waals surface area contributed by atoms with Crippen LogP contribution >= 0.6 is 28.3 Å². The Morgan fingerprint density at radius 3 is 2.83 bits per heavy atom. The van der Waals surface area contributed by atoms with Crippen LogP contribution < -0.4 is 0 Å². The van der Waals surface area contributed by atoms with Crippen LogP contribution in [0.4, 0.5) is 0 Å². The molecular formula is C8H15BrClNO. The molecule has 1 aliphatic rings. The molecule has 0 amide bonds. The van der Waals surface area contributed by atoms with Gasteiger partial charge < -0.3 is 4.74 Å². The smallest absolute Gasteiger partial charge is 0.0710 e. The van der Waals surface area contributed by atoms with Crippen LogP contribution in [0.2, 0.25) is 0 Å². The topological polar surface area (TPSA) is 12.5 Å². The average molecular weight is 257 g/mol. The number of hydrogen-bond donors (Lipinski definition) is 0. The van der Waals surface area contributed by atoms with Crippen LogP contribution in [0.5, 0.6) is 0 Å². The first-order valence-electron chi connectivity index (χ1n) is 3.81. The van der Waals surface area contributed by atoms with E-state index in [2.05, 4.69) is 27.4 Å². The molecule has 12 heavy (non-hydrogen) atoms. The Morgan fingerprint density at radius 2 is 2.42 bits per heavy atom. The summed E-state index contributed by atoms with van der Waals surface area (Å²) in [5.41, 5.74) is 0. The summed E-state index contributed by atoms with van der Waals surface area (Å²) in [6.45, 7) is 6.92. The van der Waals surface area contributed by atoms with Crippen molar-refractivity contribution < 1.29 is 4.74 Å². The monoisotopic (exact) mass is 255 g/mol. The third-order valence-corrected chi connectivity index (χ3v) is 2.21. The zero-order valence-corrected chi connectivity index (χ0v) is 9.66. The van der Waals surface area contributed by atoms with Gasteiger partial charge in [-0.2, -0.15) is 0 Å². The lowest BCUT2D eigenvalue weighted by Gasteiger charge is -2.13. The maximum Gasteiger partial charge on any atom is 0.0710 e. The Morgan fingerprint density at radius 1 is 1.75 bits per heavy atom. The lowest BCUT2D eigenvalue weighted by atomic mass is 10.3. The first-order chi connectivity index (χ1) is 5.22. The van der Waals surface area contributed by atoms with Crippen molar-refractivity contribution in [2.75, 3.05) is 26.7 Å². The number of rotatable bonds is 3. The Bertz CT molecular complexity index is 154. The number of hydrogen-bond acceptors (Lipinski definition) is 2. The van der Waals surface area contributed by atoms with E-state index >= 15 is 0 Å². The summed E-state index contributed by atoms with van der Waals surface area (Å²) in [4.78, 5) is 2.34. The molecule has 1 saturated heterocycles. The molecule has 1 rings (SSSR count). The summed E-state index contributed by atoms with van der Waals surface area (Å²) >= 11 is 3.35. The van der Waals surface area contributed by atoms with E-state index in [9.17, 15) is 0 Å². The van der Waals surface area contributed by atoms with Gasteiger partial charge in [0.1, 0.15) is 0 Å². The highest BCUT2D eigenvalue weighted by Gasteiger charge is 2.21. The van der Waals surface area contributed by atoms with Crippen LogP contribution in [-0.4, -0.2) is 37.7 Å². The second-order valence-corrected chi connectivity index (χ2v) is 4.02. The Labute approximate surface area is 88.5 Å². The number of ether oxygens (including phenoxy) is 1. The largest absolute Gasteiger partial charge is 0.380 e. The van der Waals surface area contributed by atoms with Crippen molar-refractivity contribution in [1.82, 2.24) is 4.90 Å². The van der Waals surface area contributed by atoms with Crippen molar-refractivity contribution in [2.24, 2.45) is 0 Å². The Balaban J connectivity index is 0.00000121. The third-order valence-electron chi connectivity index (χ3n) is 1.96. The number of likely N-dealkylation sites (tertiary alicyclic amines) is 1. The quantitative estimate of drug-likeness (QED) is 0.766. The van der Waals surface area contributed by atoms with Crippen LogP contribution in [0.3, 0.4) is 0 Å². The van der Waals surface area contributed by atoms with Gasteiger partial charge in [0.15, 0.2) is 0 Å². The molecule has 0 aliphatic carbocycles. The van der Waals surface area contributed by atoms with E-state index in [1.165, 1.54) is 0 Å². The van der Waals surface area contributed by atoms with Crippen molar-refractivity contribution >= 4 is 28.3 Å². The van der Waals surface area contributed by atoms with E-state index in [-0.39, 0.29) is 12.4 Å². The molecular weight excluding hydrogens is 241 g/mol. The summed E-state index contributed by atoms with van der Waals surface area (Å²) in [6.07, 6.45) is 1.58. The zero-order chi connectivity index (χ0) is 8.27. The van der Waals surface area contributed by atoms with E-state index in [1.54, 1.807) is 7.11 Å². The van der Waals surface area contributed by atoms with Crippen molar-refractivity contribution in [2.45, 2.75) is 12.5 Å². The highest BCUT2D eigenvalue weighted by atomic mass is 79.9. The molecule has 1 heterocycles. The molecule has 0 spiro atoms. The van der Waals surface area contributed by atoms with Gasteiger partial charge in [-0.1, -0.05) is 22.5 Å². The fraction of sp³-hybridized carbons (Fsp3) is 0.750. The fourth-order valence-corrected chi connectivity index (χ4v) is 1.73. The maximum atomic E-state index is 5.24. The minimum absolute atomic E-state index is 0. The highest BCUT2D eigenvalue weighted by Crippen LogP contribution is 2.14. The third kappa shape index (κ3) is 3.90. The van der Waals surface area contributed by atoms with Gasteiger partial charge in [-0.05, 0) is 6.42 Å². The summed E-state index contributed by atoms with van der Waals surface area (Å²) in [5, 5.41) is 0. The summed E-state index contributed by atoms with van der Waals surface area (Å²) in [6, 6.07) is 0. The molecule has 0 N–H and O–H groups in total. The Hall–Kier alpha value is 0.430. The van der Waals surface area contributed by atoms with E-state index in [1.807, 2.05) is 0 Å². The van der Waals surface area contributed by atoms with Crippen molar-refractivity contribution in [3.8, 4) is 0 Å². The minimum atomic E-state index is 0. The lowest BCUT2D eigenvalue weighted by molar-refractivity contribution is 0.109. The van der Waals surface area contributed by atoms with Gasteiger partial charge in [0.2, 0.25) is 0 Å². The normalized spacial score (nSPS) is 23.7. The van der Waals surface area contributed by atoms with Crippen LogP contribution in [-0.2, 0) is 4.74 Å². The van der Waals surface area contributed by atoms with Crippen molar-refractivity contribution in [3.05, 3.63) is 11.1 Å². The first kappa shape index (κ1) is 12.4. The molecule has 0 bridgehead atoms. The molecule has 0 radical (unpaired) electrons. The molecule has 2 nitrogen and oxygen atoms in total. The molecule has 0 unspecified atom stereocenters.